The van der Waals surface area contributed by atoms with E-state index in [-0.39, 0.29) is 30.0 Å². The van der Waals surface area contributed by atoms with E-state index in [0.717, 1.165) is 48.2 Å². The molecule has 4 rings (SSSR count). The second-order valence-corrected chi connectivity index (χ2v) is 7.92. The third-order valence-corrected chi connectivity index (χ3v) is 6.04. The van der Waals surface area contributed by atoms with Crippen LogP contribution in [0.4, 0.5) is 0 Å². The molecule has 8 heteroatoms. The smallest absolute Gasteiger partial charge is 0.191 e. The second kappa shape index (κ2) is 11.5. The highest BCUT2D eigenvalue weighted by molar-refractivity contribution is 14.0. The fourth-order valence-electron chi connectivity index (χ4n) is 4.29. The molecule has 1 fully saturated rings. The first-order chi connectivity index (χ1) is 15.2. The lowest BCUT2D eigenvalue weighted by atomic mass is 10.1. The predicted molar refractivity (Wildman–Crippen MR) is 141 cm³/mol. The number of nitrogens with zero attached hydrogens (tertiary/aromatic N) is 4. The molecule has 1 aliphatic heterocycles. The first-order valence-electron chi connectivity index (χ1n) is 10.9. The number of guanidine groups is 1. The van der Waals surface area contributed by atoms with Crippen molar-refractivity contribution in [3.8, 4) is 5.75 Å². The summed E-state index contributed by atoms with van der Waals surface area (Å²) in [6, 6.07) is 16.8. The van der Waals surface area contributed by atoms with Crippen molar-refractivity contribution in [3.63, 3.8) is 0 Å². The number of aromatic nitrogens is 2. The van der Waals surface area contributed by atoms with Gasteiger partial charge in [0.25, 0.3) is 0 Å². The molecule has 3 aromatic rings. The summed E-state index contributed by atoms with van der Waals surface area (Å²) in [5.74, 6) is 2.65. The number of aryl methyl sites for hydroxylation is 1. The van der Waals surface area contributed by atoms with Crippen LogP contribution in [0.25, 0.3) is 11.0 Å². The van der Waals surface area contributed by atoms with Crippen molar-refractivity contribution in [2.24, 2.45) is 12.0 Å². The Kier molecular flexibility index (Phi) is 8.75. The van der Waals surface area contributed by atoms with Gasteiger partial charge in [-0.05, 0) is 55.8 Å². The number of nitrogens with one attached hydrogen (secondary N) is 2. The number of aliphatic imine (C=N–C) groups is 1. The fourth-order valence-corrected chi connectivity index (χ4v) is 4.29. The molecule has 7 nitrogen and oxygen atoms in total. The van der Waals surface area contributed by atoms with Gasteiger partial charge in [-0.25, -0.2) is 4.98 Å². The highest BCUT2D eigenvalue weighted by Gasteiger charge is 2.24. The van der Waals surface area contributed by atoms with Crippen molar-refractivity contribution >= 4 is 41.0 Å². The van der Waals surface area contributed by atoms with Gasteiger partial charge in [0.2, 0.25) is 0 Å². The van der Waals surface area contributed by atoms with Crippen LogP contribution in [-0.4, -0.2) is 54.2 Å². The van der Waals surface area contributed by atoms with E-state index in [1.807, 2.05) is 24.3 Å². The number of hydrogen-bond acceptors (Lipinski definition) is 4. The minimum absolute atomic E-state index is 0. The molecule has 32 heavy (non-hydrogen) atoms. The van der Waals surface area contributed by atoms with Crippen LogP contribution in [0.3, 0.4) is 0 Å². The minimum atomic E-state index is 0. The van der Waals surface area contributed by atoms with Crippen LogP contribution < -0.4 is 15.4 Å². The zero-order valence-electron chi connectivity index (χ0n) is 19.0. The predicted octanol–water partition coefficient (Wildman–Crippen LogP) is 3.70. The summed E-state index contributed by atoms with van der Waals surface area (Å²) in [7, 11) is 5.57. The van der Waals surface area contributed by atoms with E-state index in [1.54, 1.807) is 14.2 Å². The van der Waals surface area contributed by atoms with Crippen molar-refractivity contribution in [1.29, 1.82) is 0 Å². The average Bonchev–Trinajstić information content (AvgIpc) is 3.45. The van der Waals surface area contributed by atoms with E-state index in [2.05, 4.69) is 56.4 Å². The molecule has 0 saturated carbocycles. The molecule has 1 atom stereocenters. The minimum Gasteiger partial charge on any atom is -0.497 e. The van der Waals surface area contributed by atoms with Gasteiger partial charge in [0.05, 0.1) is 30.7 Å². The molecule has 0 aliphatic carbocycles. The molecule has 0 spiro atoms. The van der Waals surface area contributed by atoms with Crippen molar-refractivity contribution in [1.82, 2.24) is 25.1 Å². The molecule has 1 aliphatic rings. The van der Waals surface area contributed by atoms with E-state index in [0.29, 0.717) is 6.54 Å². The molecule has 0 radical (unpaired) electrons. The standard InChI is InChI=1S/C24H32N6O.HI/c1-25-24(27-17-23-28-20-11-4-5-12-21(20)29(23)2)26-16-22(30-13-6-7-14-30)18-9-8-10-19(15-18)31-3;/h4-5,8-12,15,22H,6-7,13-14,16-17H2,1-3H3,(H2,25,26,27);1H. The van der Waals surface area contributed by atoms with Gasteiger partial charge in [0.15, 0.2) is 5.96 Å². The number of imidazole rings is 1. The Morgan fingerprint density at radius 1 is 1.12 bits per heavy atom. The molecule has 2 N–H and O–H groups in total. The van der Waals surface area contributed by atoms with Crippen molar-refractivity contribution in [2.75, 3.05) is 33.8 Å². The van der Waals surface area contributed by atoms with Gasteiger partial charge in [-0.2, -0.15) is 0 Å². The van der Waals surface area contributed by atoms with Gasteiger partial charge >= 0.3 is 0 Å². The summed E-state index contributed by atoms with van der Waals surface area (Å²) in [4.78, 5) is 11.7. The van der Waals surface area contributed by atoms with Gasteiger partial charge in [-0.3, -0.25) is 9.89 Å². The van der Waals surface area contributed by atoms with E-state index in [9.17, 15) is 0 Å². The van der Waals surface area contributed by atoms with E-state index < -0.39 is 0 Å². The molecule has 0 amide bonds. The molecule has 2 heterocycles. The highest BCUT2D eigenvalue weighted by Crippen LogP contribution is 2.27. The van der Waals surface area contributed by atoms with Gasteiger partial charge in [0, 0.05) is 20.6 Å². The van der Waals surface area contributed by atoms with Gasteiger partial charge < -0.3 is 19.9 Å². The van der Waals surface area contributed by atoms with Crippen LogP contribution in [0, 0.1) is 0 Å². The summed E-state index contributed by atoms with van der Waals surface area (Å²) in [6.07, 6.45) is 2.50. The number of methoxy groups -OCH3 is 1. The normalized spacial score (nSPS) is 15.4. The lowest BCUT2D eigenvalue weighted by Gasteiger charge is -2.29. The number of halogens is 1. The molecule has 1 unspecified atom stereocenters. The number of rotatable bonds is 7. The Morgan fingerprint density at radius 2 is 1.91 bits per heavy atom. The first-order valence-corrected chi connectivity index (χ1v) is 10.9. The zero-order chi connectivity index (χ0) is 21.6. The summed E-state index contributed by atoms with van der Waals surface area (Å²) in [5, 5.41) is 6.95. The Balaban J connectivity index is 0.00000289. The van der Waals surface area contributed by atoms with Crippen molar-refractivity contribution in [3.05, 3.63) is 59.9 Å². The molecule has 2 aromatic carbocycles. The van der Waals surface area contributed by atoms with Gasteiger partial charge in [-0.1, -0.05) is 24.3 Å². The lowest BCUT2D eigenvalue weighted by Crippen LogP contribution is -2.42. The maximum Gasteiger partial charge on any atom is 0.191 e. The maximum absolute atomic E-state index is 5.45. The third kappa shape index (κ3) is 5.53. The third-order valence-electron chi connectivity index (χ3n) is 6.04. The van der Waals surface area contributed by atoms with E-state index in [1.165, 1.54) is 18.4 Å². The molecule has 172 valence electrons. The highest BCUT2D eigenvalue weighted by atomic mass is 127. The Morgan fingerprint density at radius 3 is 2.62 bits per heavy atom. The molecule has 1 saturated heterocycles. The SMILES string of the molecule is CN=C(NCc1nc2ccccc2n1C)NCC(c1cccc(OC)c1)N1CCCC1.I. The van der Waals surface area contributed by atoms with E-state index >= 15 is 0 Å². The van der Waals surface area contributed by atoms with Gasteiger partial charge in [0.1, 0.15) is 11.6 Å². The molecular formula is C24H33IN6O. The quantitative estimate of drug-likeness (QED) is 0.268. The number of likely N-dealkylation sites (tertiary alicyclic amines) is 1. The van der Waals surface area contributed by atoms with Gasteiger partial charge in [-0.15, -0.1) is 24.0 Å². The van der Waals surface area contributed by atoms with Crippen LogP contribution in [-0.2, 0) is 13.6 Å². The Labute approximate surface area is 207 Å². The van der Waals surface area contributed by atoms with Crippen LogP contribution in [0.15, 0.2) is 53.5 Å². The van der Waals surface area contributed by atoms with E-state index in [4.69, 9.17) is 9.72 Å². The number of hydrogen-bond donors (Lipinski definition) is 2. The zero-order valence-corrected chi connectivity index (χ0v) is 21.4. The second-order valence-electron chi connectivity index (χ2n) is 7.92. The summed E-state index contributed by atoms with van der Waals surface area (Å²) in [5.41, 5.74) is 3.41. The monoisotopic (exact) mass is 548 g/mol. The fraction of sp³-hybridized carbons (Fsp3) is 0.417. The first kappa shape index (κ1) is 24.3. The molecular weight excluding hydrogens is 515 g/mol. The summed E-state index contributed by atoms with van der Waals surface area (Å²) >= 11 is 0. The maximum atomic E-state index is 5.45. The average molecular weight is 548 g/mol. The lowest BCUT2D eigenvalue weighted by molar-refractivity contribution is 0.245. The largest absolute Gasteiger partial charge is 0.497 e. The number of ether oxygens (including phenoxy) is 1. The molecule has 0 bridgehead atoms. The van der Waals surface area contributed by atoms with Crippen LogP contribution in [0.5, 0.6) is 5.75 Å². The Hall–Kier alpha value is -2.33. The van der Waals surface area contributed by atoms with Crippen LogP contribution >= 0.6 is 24.0 Å². The number of benzene rings is 2. The summed E-state index contributed by atoms with van der Waals surface area (Å²) < 4.78 is 7.58. The van der Waals surface area contributed by atoms with Crippen LogP contribution in [0.1, 0.15) is 30.3 Å². The number of para-hydroxylation sites is 2. The van der Waals surface area contributed by atoms with Crippen molar-refractivity contribution < 1.29 is 4.74 Å². The molecule has 1 aromatic heterocycles. The summed E-state index contributed by atoms with van der Waals surface area (Å²) in [6.45, 7) is 3.62. The Bertz CT molecular complexity index is 1040. The van der Waals surface area contributed by atoms with Crippen molar-refractivity contribution in [2.45, 2.75) is 25.4 Å². The number of fused-ring (bicyclic) bond motifs is 1. The van der Waals surface area contributed by atoms with Crippen LogP contribution in [0.2, 0.25) is 0 Å². The topological polar surface area (TPSA) is 66.7 Å².